The van der Waals surface area contributed by atoms with Gasteiger partial charge in [-0.3, -0.25) is 9.59 Å². The second kappa shape index (κ2) is 13.4. The Morgan fingerprint density at radius 1 is 0.870 bits per heavy atom. The van der Waals surface area contributed by atoms with E-state index in [-0.39, 0.29) is 23.1 Å². The first-order valence-electron chi connectivity index (χ1n) is 5.71. The van der Waals surface area contributed by atoms with Gasteiger partial charge in [0.15, 0.2) is 6.10 Å². The minimum absolute atomic E-state index is 0. The van der Waals surface area contributed by atoms with Crippen LogP contribution in [0.25, 0.3) is 0 Å². The summed E-state index contributed by atoms with van der Waals surface area (Å²) in [6.07, 6.45) is -8.37. The van der Waals surface area contributed by atoms with Crippen molar-refractivity contribution in [1.82, 2.24) is 0 Å². The highest BCUT2D eigenvalue weighted by molar-refractivity contribution is 5.80. The summed E-state index contributed by atoms with van der Waals surface area (Å²) in [5.41, 5.74) is 4.84. The number of hydrogen-bond acceptors (Lipinski definition) is 9. The zero-order valence-electron chi connectivity index (χ0n) is 11.2. The van der Waals surface area contributed by atoms with Crippen LogP contribution in [0.15, 0.2) is 0 Å². The maximum Gasteiger partial charge on any atom is 0.335 e. The van der Waals surface area contributed by atoms with Gasteiger partial charge in [-0.15, -0.1) is 0 Å². The number of hydrogen-bond donors (Lipinski definition) is 9. The van der Waals surface area contributed by atoms with Crippen molar-refractivity contribution in [3.8, 4) is 0 Å². The lowest BCUT2D eigenvalue weighted by Gasteiger charge is -2.23. The largest absolute Gasteiger partial charge is 0.481 e. The van der Waals surface area contributed by atoms with Gasteiger partial charge in [0.1, 0.15) is 24.4 Å². The number of carboxylic acids is 3. The number of rotatable bonds is 8. The Bertz CT molecular complexity index is 380. The highest BCUT2D eigenvalue weighted by atomic mass is 24.3. The number of carboxylic acid groups (broad SMARTS) is 3. The first-order valence-corrected chi connectivity index (χ1v) is 5.71. The van der Waals surface area contributed by atoms with E-state index in [4.69, 9.17) is 46.6 Å². The summed E-state index contributed by atoms with van der Waals surface area (Å²) in [5, 5.41) is 67.8. The van der Waals surface area contributed by atoms with Gasteiger partial charge in [-0.2, -0.15) is 0 Å². The average molecular weight is 356 g/mol. The van der Waals surface area contributed by atoms with Crippen molar-refractivity contribution in [2.24, 2.45) is 5.73 Å². The normalized spacial score (nSPS) is 16.4. The molecule has 10 N–H and O–H groups in total. The van der Waals surface area contributed by atoms with Crippen LogP contribution in [-0.2, 0) is 14.4 Å². The maximum absolute atomic E-state index is 10.1. The topological polar surface area (TPSA) is 239 Å². The number of carbonyl (C=O) groups is 3. The second-order valence-corrected chi connectivity index (χ2v) is 4.06. The van der Waals surface area contributed by atoms with Crippen LogP contribution in [0.4, 0.5) is 0 Å². The van der Waals surface area contributed by atoms with Crippen molar-refractivity contribution in [1.29, 1.82) is 0 Å². The average Bonchev–Trinajstić information content (AvgIpc) is 2.43. The van der Waals surface area contributed by atoms with Crippen LogP contribution in [0, 0.1) is 0 Å². The van der Waals surface area contributed by atoms with E-state index in [1.165, 1.54) is 0 Å². The predicted octanol–water partition coefficient (Wildman–Crippen LogP) is -5.54. The molecule has 0 rings (SSSR count). The number of aliphatic hydroxyl groups is 5. The Labute approximate surface area is 145 Å². The van der Waals surface area contributed by atoms with E-state index in [1.807, 2.05) is 0 Å². The molecule has 23 heavy (non-hydrogen) atoms. The Hall–Kier alpha value is -1.06. The van der Waals surface area contributed by atoms with Crippen LogP contribution < -0.4 is 5.73 Å². The van der Waals surface area contributed by atoms with Crippen molar-refractivity contribution in [2.75, 3.05) is 6.61 Å². The van der Waals surface area contributed by atoms with Crippen LogP contribution >= 0.6 is 0 Å². The first-order chi connectivity index (χ1) is 9.95. The summed E-state index contributed by atoms with van der Waals surface area (Å²) >= 11 is 0. The Morgan fingerprint density at radius 2 is 1.30 bits per heavy atom. The van der Waals surface area contributed by atoms with Crippen molar-refractivity contribution in [3.63, 3.8) is 0 Å². The third-order valence-electron chi connectivity index (χ3n) is 2.22. The van der Waals surface area contributed by atoms with Gasteiger partial charge in [-0.25, -0.2) is 4.79 Å². The molecule has 0 bridgehead atoms. The molecule has 134 valence electrons. The third kappa shape index (κ3) is 12.1. The fraction of sp³-hybridized carbons (Fsp3) is 0.700. The minimum Gasteiger partial charge on any atom is -0.481 e. The van der Waals surface area contributed by atoms with Gasteiger partial charge in [0, 0.05) is 0 Å². The summed E-state index contributed by atoms with van der Waals surface area (Å²) in [5.74, 6) is -4.22. The predicted molar refractivity (Wildman–Crippen MR) is 75.2 cm³/mol. The van der Waals surface area contributed by atoms with Crippen molar-refractivity contribution < 1.29 is 55.2 Å². The quantitative estimate of drug-likeness (QED) is 0.185. The molecule has 0 aromatic carbocycles. The van der Waals surface area contributed by atoms with E-state index in [2.05, 4.69) is 0 Å². The molecule has 0 amide bonds. The van der Waals surface area contributed by atoms with E-state index >= 15 is 0 Å². The van der Waals surface area contributed by atoms with Crippen LogP contribution in [0.1, 0.15) is 6.42 Å². The lowest BCUT2D eigenvalue weighted by molar-refractivity contribution is -0.164. The molecule has 0 fully saturated rings. The molecule has 12 nitrogen and oxygen atoms in total. The number of aliphatic carboxylic acids is 3. The highest BCUT2D eigenvalue weighted by Crippen LogP contribution is 2.04. The lowest BCUT2D eigenvalue weighted by Crippen LogP contribution is -2.48. The second-order valence-electron chi connectivity index (χ2n) is 4.06. The van der Waals surface area contributed by atoms with Gasteiger partial charge in [0.25, 0.3) is 0 Å². The molecule has 5 atom stereocenters. The Kier molecular flexibility index (Phi) is 15.6. The van der Waals surface area contributed by atoms with Gasteiger partial charge in [0.05, 0.1) is 13.0 Å². The van der Waals surface area contributed by atoms with Crippen LogP contribution in [0.3, 0.4) is 0 Å². The minimum atomic E-state index is -2.20. The van der Waals surface area contributed by atoms with Gasteiger partial charge in [-0.1, -0.05) is 0 Å². The van der Waals surface area contributed by atoms with Crippen molar-refractivity contribution in [3.05, 3.63) is 0 Å². The number of aliphatic hydroxyl groups excluding tert-OH is 5. The van der Waals surface area contributed by atoms with Gasteiger partial charge >= 0.3 is 41.0 Å². The van der Waals surface area contributed by atoms with Gasteiger partial charge < -0.3 is 46.6 Å². The maximum atomic E-state index is 10.1. The lowest BCUT2D eigenvalue weighted by atomic mass is 10.0. The first kappa shape index (κ1) is 26.8. The fourth-order valence-corrected chi connectivity index (χ4v) is 0.944. The molecule has 0 saturated carbocycles. The molecular formula is C10H21MgNO11. The van der Waals surface area contributed by atoms with Gasteiger partial charge in [-0.05, 0) is 0 Å². The van der Waals surface area contributed by atoms with Gasteiger partial charge in [0.2, 0.25) is 0 Å². The summed E-state index contributed by atoms with van der Waals surface area (Å²) < 4.78 is 0. The Balaban J connectivity index is -0.000000354. The monoisotopic (exact) mass is 355 g/mol. The zero-order valence-corrected chi connectivity index (χ0v) is 11.2. The van der Waals surface area contributed by atoms with Crippen LogP contribution in [0.2, 0.25) is 0 Å². The molecule has 1 unspecified atom stereocenters. The SMILES string of the molecule is NC(CC(=O)O)C(=O)O.O=C(O)[C@H](O)[C@@H](O)[C@H](O)[C@H](O)CO.[MgH2]. The van der Waals surface area contributed by atoms with Crippen molar-refractivity contribution >= 4 is 41.0 Å². The van der Waals surface area contributed by atoms with E-state index < -0.39 is 61.4 Å². The molecule has 0 aliphatic rings. The Morgan fingerprint density at radius 3 is 1.52 bits per heavy atom. The molecule has 0 radical (unpaired) electrons. The third-order valence-corrected chi connectivity index (χ3v) is 2.22. The molecule has 0 aromatic heterocycles. The van der Waals surface area contributed by atoms with Crippen LogP contribution in [0.5, 0.6) is 0 Å². The van der Waals surface area contributed by atoms with E-state index in [0.29, 0.717) is 0 Å². The molecule has 0 aromatic rings. The summed E-state index contributed by atoms with van der Waals surface area (Å²) in [6, 6.07) is -1.29. The zero-order chi connectivity index (χ0) is 18.0. The smallest absolute Gasteiger partial charge is 0.335 e. The molecule has 13 heteroatoms. The molecule has 0 saturated heterocycles. The molecule has 0 aliphatic carbocycles. The summed E-state index contributed by atoms with van der Waals surface area (Å²) in [6.45, 7) is -0.843. The van der Waals surface area contributed by atoms with E-state index in [0.717, 1.165) is 0 Å². The summed E-state index contributed by atoms with van der Waals surface area (Å²) in [7, 11) is 0. The number of nitrogens with two attached hydrogens (primary N) is 1. The van der Waals surface area contributed by atoms with Crippen LogP contribution in [-0.4, -0.2) is 119 Å². The van der Waals surface area contributed by atoms with E-state index in [9.17, 15) is 14.4 Å². The molecular weight excluding hydrogens is 334 g/mol. The van der Waals surface area contributed by atoms with E-state index in [1.54, 1.807) is 0 Å². The van der Waals surface area contributed by atoms with Crippen molar-refractivity contribution in [2.45, 2.75) is 36.9 Å². The highest BCUT2D eigenvalue weighted by Gasteiger charge is 2.33. The standard InChI is InChI=1S/C6H12O7.C4H7NO4.Mg.2H/c7-1-2(8)3(9)4(10)5(11)6(12)13;5-2(4(8)9)1-3(6)7;;;/h2-5,7-11H,1H2,(H,12,13);2H,1,5H2,(H,6,7)(H,8,9);;;/t2-,3-,4+,5-;;;;/m1..../s1. The molecule has 0 spiro atoms. The fourth-order valence-electron chi connectivity index (χ4n) is 0.944. The molecule has 0 aliphatic heterocycles. The summed E-state index contributed by atoms with van der Waals surface area (Å²) in [4.78, 5) is 29.7. The molecule has 0 heterocycles.